The number of benzene rings is 3. The van der Waals surface area contributed by atoms with E-state index in [1.54, 1.807) is 66.5 Å². The Balaban J connectivity index is 1.57. The topological polar surface area (TPSA) is 83.6 Å². The molecule has 0 saturated heterocycles. The lowest BCUT2D eigenvalue weighted by molar-refractivity contribution is -0.113. The summed E-state index contributed by atoms with van der Waals surface area (Å²) in [6, 6.07) is 24.8. The lowest BCUT2D eigenvalue weighted by Gasteiger charge is -2.17. The summed E-state index contributed by atoms with van der Waals surface area (Å²) in [4.78, 5) is 26.3. The van der Waals surface area contributed by atoms with Crippen LogP contribution in [0.5, 0.6) is 0 Å². The number of carbonyl (C=O) groups excluding carboxylic acids is 2. The number of rotatable bonds is 8. The van der Waals surface area contributed by atoms with Crippen LogP contribution in [0, 0.1) is 0 Å². The Morgan fingerprint density at radius 2 is 1.39 bits per heavy atom. The van der Waals surface area contributed by atoms with Crippen LogP contribution in [-0.2, 0) is 26.9 Å². The number of nitrogens with zero attached hydrogens (tertiary/aromatic N) is 1. The Labute approximate surface area is 182 Å². The fraction of sp³-hybridized carbons (Fsp3) is 0.167. The summed E-state index contributed by atoms with van der Waals surface area (Å²) in [5, 5.41) is 2.57. The molecule has 160 valence electrons. The van der Waals surface area contributed by atoms with Gasteiger partial charge in [0.2, 0.25) is 5.91 Å². The molecule has 0 radical (unpaired) electrons. The molecule has 0 saturated carbocycles. The Kier molecular flexibility index (Phi) is 7.20. The van der Waals surface area contributed by atoms with Crippen LogP contribution in [0.2, 0.25) is 0 Å². The van der Waals surface area contributed by atoms with E-state index in [2.05, 4.69) is 5.32 Å². The zero-order valence-corrected chi connectivity index (χ0v) is 18.0. The van der Waals surface area contributed by atoms with Crippen molar-refractivity contribution in [1.82, 2.24) is 4.90 Å². The lowest BCUT2D eigenvalue weighted by Crippen LogP contribution is -2.26. The SMILES string of the molecule is CN(Cc1ccccc1)C(=O)c1ccc(CS(=O)(=O)CC(=O)Nc2ccccc2)cc1. The summed E-state index contributed by atoms with van der Waals surface area (Å²) < 4.78 is 24.8. The number of hydrogen-bond donors (Lipinski definition) is 1. The highest BCUT2D eigenvalue weighted by atomic mass is 32.2. The predicted molar refractivity (Wildman–Crippen MR) is 121 cm³/mol. The average molecular weight is 437 g/mol. The fourth-order valence-corrected chi connectivity index (χ4v) is 4.39. The Morgan fingerprint density at radius 3 is 2.00 bits per heavy atom. The molecule has 0 bridgehead atoms. The van der Waals surface area contributed by atoms with Gasteiger partial charge < -0.3 is 10.2 Å². The summed E-state index contributed by atoms with van der Waals surface area (Å²) in [7, 11) is -1.93. The van der Waals surface area contributed by atoms with Crippen molar-refractivity contribution >= 4 is 27.3 Å². The zero-order chi connectivity index (χ0) is 22.3. The van der Waals surface area contributed by atoms with Gasteiger partial charge in [-0.05, 0) is 35.4 Å². The lowest BCUT2D eigenvalue weighted by atomic mass is 10.1. The van der Waals surface area contributed by atoms with Crippen LogP contribution in [0.4, 0.5) is 5.69 Å². The molecule has 0 aliphatic heterocycles. The van der Waals surface area contributed by atoms with E-state index in [0.29, 0.717) is 23.4 Å². The fourth-order valence-electron chi connectivity index (χ4n) is 3.12. The molecule has 6 nitrogen and oxygen atoms in total. The summed E-state index contributed by atoms with van der Waals surface area (Å²) in [6.07, 6.45) is 0. The smallest absolute Gasteiger partial charge is 0.253 e. The number of amides is 2. The first-order valence-electron chi connectivity index (χ1n) is 9.76. The molecule has 3 rings (SSSR count). The summed E-state index contributed by atoms with van der Waals surface area (Å²) >= 11 is 0. The van der Waals surface area contributed by atoms with Crippen molar-refractivity contribution in [1.29, 1.82) is 0 Å². The Morgan fingerprint density at radius 1 is 0.806 bits per heavy atom. The maximum atomic E-state index is 12.6. The van der Waals surface area contributed by atoms with E-state index in [4.69, 9.17) is 0 Å². The molecule has 3 aromatic carbocycles. The first-order chi connectivity index (χ1) is 14.8. The zero-order valence-electron chi connectivity index (χ0n) is 17.2. The molecule has 0 aliphatic rings. The van der Waals surface area contributed by atoms with Crippen molar-refractivity contribution in [2.24, 2.45) is 0 Å². The maximum Gasteiger partial charge on any atom is 0.253 e. The van der Waals surface area contributed by atoms with Gasteiger partial charge in [0.05, 0.1) is 5.75 Å². The largest absolute Gasteiger partial charge is 0.337 e. The molecule has 0 heterocycles. The highest BCUT2D eigenvalue weighted by Gasteiger charge is 2.18. The van der Waals surface area contributed by atoms with Gasteiger partial charge in [-0.1, -0.05) is 60.7 Å². The van der Waals surface area contributed by atoms with Gasteiger partial charge in [0.1, 0.15) is 5.75 Å². The van der Waals surface area contributed by atoms with Gasteiger partial charge in [-0.25, -0.2) is 8.42 Å². The van der Waals surface area contributed by atoms with Crippen molar-refractivity contribution in [3.05, 3.63) is 102 Å². The van der Waals surface area contributed by atoms with Crippen LogP contribution in [0.25, 0.3) is 0 Å². The van der Waals surface area contributed by atoms with Crippen LogP contribution < -0.4 is 5.32 Å². The number of sulfone groups is 1. The van der Waals surface area contributed by atoms with E-state index in [9.17, 15) is 18.0 Å². The van der Waals surface area contributed by atoms with E-state index in [-0.39, 0.29) is 11.7 Å². The number of anilines is 1. The molecule has 0 aliphatic carbocycles. The van der Waals surface area contributed by atoms with Crippen molar-refractivity contribution in [2.75, 3.05) is 18.1 Å². The van der Waals surface area contributed by atoms with Crippen molar-refractivity contribution in [3.63, 3.8) is 0 Å². The Hall–Kier alpha value is -3.45. The van der Waals surface area contributed by atoms with Gasteiger partial charge in [0.25, 0.3) is 5.91 Å². The van der Waals surface area contributed by atoms with E-state index in [0.717, 1.165) is 5.56 Å². The second-order valence-corrected chi connectivity index (χ2v) is 9.35. The van der Waals surface area contributed by atoms with E-state index in [1.807, 2.05) is 30.3 Å². The molecule has 1 N–H and O–H groups in total. The molecule has 2 amide bonds. The van der Waals surface area contributed by atoms with Crippen LogP contribution in [0.15, 0.2) is 84.9 Å². The number of nitrogens with one attached hydrogen (secondary N) is 1. The molecular formula is C24H24N2O4S. The highest BCUT2D eigenvalue weighted by molar-refractivity contribution is 7.91. The number of para-hydroxylation sites is 1. The van der Waals surface area contributed by atoms with Crippen LogP contribution >= 0.6 is 0 Å². The number of carbonyl (C=O) groups is 2. The van der Waals surface area contributed by atoms with Gasteiger partial charge >= 0.3 is 0 Å². The van der Waals surface area contributed by atoms with Crippen molar-refractivity contribution < 1.29 is 18.0 Å². The normalized spacial score (nSPS) is 11.0. The molecule has 31 heavy (non-hydrogen) atoms. The van der Waals surface area contributed by atoms with Crippen LogP contribution in [0.1, 0.15) is 21.5 Å². The van der Waals surface area contributed by atoms with Crippen molar-refractivity contribution in [2.45, 2.75) is 12.3 Å². The minimum atomic E-state index is -3.65. The van der Waals surface area contributed by atoms with Crippen LogP contribution in [-0.4, -0.2) is 37.9 Å². The van der Waals surface area contributed by atoms with E-state index >= 15 is 0 Å². The highest BCUT2D eigenvalue weighted by Crippen LogP contribution is 2.13. The Bertz CT molecular complexity index is 1130. The van der Waals surface area contributed by atoms with E-state index in [1.165, 1.54) is 0 Å². The van der Waals surface area contributed by atoms with Gasteiger partial charge in [-0.2, -0.15) is 0 Å². The molecular weight excluding hydrogens is 412 g/mol. The second kappa shape index (κ2) is 10.0. The first-order valence-corrected chi connectivity index (χ1v) is 11.6. The number of hydrogen-bond acceptors (Lipinski definition) is 4. The molecule has 0 fully saturated rings. The molecule has 3 aromatic rings. The standard InChI is InChI=1S/C24H24N2O4S/c1-26(16-19-8-4-2-5-9-19)24(28)21-14-12-20(13-15-21)17-31(29,30)18-23(27)25-22-10-6-3-7-11-22/h2-15H,16-18H2,1H3,(H,25,27). The maximum absolute atomic E-state index is 12.6. The van der Waals surface area contributed by atoms with E-state index < -0.39 is 21.5 Å². The summed E-state index contributed by atoms with van der Waals surface area (Å²) in [5.41, 5.74) is 2.57. The average Bonchev–Trinajstić information content (AvgIpc) is 2.74. The monoisotopic (exact) mass is 436 g/mol. The molecule has 0 atom stereocenters. The quantitative estimate of drug-likeness (QED) is 0.586. The first kappa shape index (κ1) is 22.2. The molecule has 0 unspecified atom stereocenters. The van der Waals surface area contributed by atoms with Gasteiger partial charge in [0, 0.05) is 24.8 Å². The molecule has 0 aromatic heterocycles. The van der Waals surface area contributed by atoms with Gasteiger partial charge in [-0.15, -0.1) is 0 Å². The molecule has 0 spiro atoms. The predicted octanol–water partition coefficient (Wildman–Crippen LogP) is 3.51. The molecule has 7 heteroatoms. The minimum Gasteiger partial charge on any atom is -0.337 e. The van der Waals surface area contributed by atoms with Crippen molar-refractivity contribution in [3.8, 4) is 0 Å². The third-order valence-electron chi connectivity index (χ3n) is 4.61. The van der Waals surface area contributed by atoms with Crippen LogP contribution in [0.3, 0.4) is 0 Å². The minimum absolute atomic E-state index is 0.152. The third-order valence-corrected chi connectivity index (χ3v) is 6.08. The third kappa shape index (κ3) is 6.79. The summed E-state index contributed by atoms with van der Waals surface area (Å²) in [6.45, 7) is 0.479. The van der Waals surface area contributed by atoms with Gasteiger partial charge in [0.15, 0.2) is 9.84 Å². The van der Waals surface area contributed by atoms with Gasteiger partial charge in [-0.3, -0.25) is 9.59 Å². The summed E-state index contributed by atoms with van der Waals surface area (Å²) in [5.74, 6) is -1.62. The second-order valence-electron chi connectivity index (χ2n) is 7.29.